The van der Waals surface area contributed by atoms with Crippen molar-refractivity contribution in [1.29, 1.82) is 0 Å². The molecule has 0 unspecified atom stereocenters. The lowest BCUT2D eigenvalue weighted by molar-refractivity contribution is 0.483. The van der Waals surface area contributed by atoms with Crippen molar-refractivity contribution in [3.8, 4) is 28.6 Å². The zero-order valence-electron chi connectivity index (χ0n) is 15.2. The van der Waals surface area contributed by atoms with Crippen molar-refractivity contribution >= 4 is 10.9 Å². The third-order valence-electron chi connectivity index (χ3n) is 4.49. The maximum atomic E-state index is 13.1. The van der Waals surface area contributed by atoms with Crippen molar-refractivity contribution in [2.24, 2.45) is 0 Å². The van der Waals surface area contributed by atoms with Gasteiger partial charge in [-0.15, -0.1) is 5.10 Å². The van der Waals surface area contributed by atoms with E-state index in [0.717, 1.165) is 28.1 Å². The van der Waals surface area contributed by atoms with E-state index in [1.807, 2.05) is 60.7 Å². The van der Waals surface area contributed by atoms with Gasteiger partial charge in [0.25, 0.3) is 0 Å². The molecule has 0 atom stereocenters. The summed E-state index contributed by atoms with van der Waals surface area (Å²) in [6.07, 6.45) is 1.77. The lowest BCUT2D eigenvalue weighted by Crippen LogP contribution is -1.94. The first-order valence-electron chi connectivity index (χ1n) is 9.07. The van der Waals surface area contributed by atoms with E-state index in [9.17, 15) is 4.39 Å². The van der Waals surface area contributed by atoms with Crippen molar-refractivity contribution in [2.45, 2.75) is 0 Å². The molecular weight excluding hydrogens is 367 g/mol. The van der Waals surface area contributed by atoms with Gasteiger partial charge < -0.3 is 4.74 Å². The highest BCUT2D eigenvalue weighted by Gasteiger charge is 2.09. The molecule has 0 amide bonds. The highest BCUT2D eigenvalue weighted by molar-refractivity contribution is 5.82. The standard InChI is InChI=1S/C23H15FN4O/c24-17-7-9-18(10-8-17)28-15-23(26-27-28)22-12-6-16-14-20(11-13-21(16)25-22)29-19-4-2-1-3-5-19/h1-15H. The number of rotatable bonds is 4. The minimum absolute atomic E-state index is 0.291. The Kier molecular flexibility index (Phi) is 4.22. The summed E-state index contributed by atoms with van der Waals surface area (Å²) in [6, 6.07) is 25.4. The Hall–Kier alpha value is -4.06. The first-order valence-corrected chi connectivity index (χ1v) is 9.07. The van der Waals surface area contributed by atoms with Crippen molar-refractivity contribution in [2.75, 3.05) is 0 Å². The molecule has 2 heterocycles. The highest BCUT2D eigenvalue weighted by atomic mass is 19.1. The van der Waals surface area contributed by atoms with Crippen LogP contribution in [0.4, 0.5) is 4.39 Å². The second kappa shape index (κ2) is 7.16. The second-order valence-corrected chi connectivity index (χ2v) is 6.49. The molecule has 0 radical (unpaired) electrons. The summed E-state index contributed by atoms with van der Waals surface area (Å²) in [5.74, 6) is 1.25. The molecule has 0 aliphatic carbocycles. The van der Waals surface area contributed by atoms with Crippen LogP contribution in [0.2, 0.25) is 0 Å². The number of benzene rings is 3. The van der Waals surface area contributed by atoms with Gasteiger partial charge in [0.1, 0.15) is 23.0 Å². The number of nitrogens with zero attached hydrogens (tertiary/aromatic N) is 4. The fraction of sp³-hybridized carbons (Fsp3) is 0. The van der Waals surface area contributed by atoms with Crippen LogP contribution >= 0.6 is 0 Å². The zero-order chi connectivity index (χ0) is 19.6. The minimum atomic E-state index is -0.291. The highest BCUT2D eigenvalue weighted by Crippen LogP contribution is 2.26. The first-order chi connectivity index (χ1) is 14.2. The molecule has 5 aromatic rings. The maximum absolute atomic E-state index is 13.1. The molecular formula is C23H15FN4O. The van der Waals surface area contributed by atoms with Crippen LogP contribution in [0.3, 0.4) is 0 Å². The topological polar surface area (TPSA) is 52.8 Å². The predicted octanol–water partition coefficient (Wildman–Crippen LogP) is 5.41. The number of ether oxygens (including phenoxy) is 1. The Morgan fingerprint density at radius 2 is 1.59 bits per heavy atom. The molecule has 0 spiro atoms. The van der Waals surface area contributed by atoms with Crippen LogP contribution in [-0.4, -0.2) is 20.0 Å². The Labute approximate surface area is 166 Å². The Bertz CT molecular complexity index is 1280. The van der Waals surface area contributed by atoms with E-state index < -0.39 is 0 Å². The number of pyridine rings is 1. The van der Waals surface area contributed by atoms with Crippen molar-refractivity contribution in [3.05, 3.63) is 96.9 Å². The summed E-state index contributed by atoms with van der Waals surface area (Å²) in [6.45, 7) is 0. The fourth-order valence-corrected chi connectivity index (χ4v) is 3.04. The number of halogens is 1. The Morgan fingerprint density at radius 1 is 0.759 bits per heavy atom. The Morgan fingerprint density at radius 3 is 2.41 bits per heavy atom. The van der Waals surface area contributed by atoms with Crippen LogP contribution in [0.15, 0.2) is 91.1 Å². The van der Waals surface area contributed by atoms with Gasteiger partial charge in [0.15, 0.2) is 0 Å². The number of hydrogen-bond donors (Lipinski definition) is 0. The van der Waals surface area contributed by atoms with Crippen molar-refractivity contribution in [1.82, 2.24) is 20.0 Å². The molecule has 5 rings (SSSR count). The van der Waals surface area contributed by atoms with Crippen LogP contribution in [0.5, 0.6) is 11.5 Å². The average Bonchev–Trinajstić information content (AvgIpc) is 3.25. The molecule has 29 heavy (non-hydrogen) atoms. The summed E-state index contributed by atoms with van der Waals surface area (Å²) in [5, 5.41) is 9.28. The van der Waals surface area contributed by atoms with Crippen molar-refractivity contribution in [3.63, 3.8) is 0 Å². The summed E-state index contributed by atoms with van der Waals surface area (Å²) >= 11 is 0. The molecule has 5 nitrogen and oxygen atoms in total. The van der Waals surface area contributed by atoms with Crippen molar-refractivity contribution < 1.29 is 9.13 Å². The minimum Gasteiger partial charge on any atom is -0.457 e. The fourth-order valence-electron chi connectivity index (χ4n) is 3.04. The van der Waals surface area contributed by atoms with Crippen LogP contribution in [-0.2, 0) is 0 Å². The predicted molar refractivity (Wildman–Crippen MR) is 109 cm³/mol. The Balaban J connectivity index is 1.43. The maximum Gasteiger partial charge on any atom is 0.131 e. The van der Waals surface area contributed by atoms with Gasteiger partial charge in [-0.1, -0.05) is 29.5 Å². The van der Waals surface area contributed by atoms with Gasteiger partial charge in [-0.3, -0.25) is 0 Å². The van der Waals surface area contributed by atoms with E-state index in [2.05, 4.69) is 15.3 Å². The summed E-state index contributed by atoms with van der Waals surface area (Å²) in [5.41, 5.74) is 2.91. The summed E-state index contributed by atoms with van der Waals surface area (Å²) in [4.78, 5) is 4.68. The lowest BCUT2D eigenvalue weighted by atomic mass is 10.1. The van der Waals surface area contributed by atoms with Gasteiger partial charge in [0.2, 0.25) is 0 Å². The molecule has 0 aliphatic rings. The monoisotopic (exact) mass is 382 g/mol. The van der Waals surface area contributed by atoms with E-state index in [1.54, 1.807) is 23.0 Å². The second-order valence-electron chi connectivity index (χ2n) is 6.49. The zero-order valence-corrected chi connectivity index (χ0v) is 15.2. The van der Waals surface area contributed by atoms with E-state index in [-0.39, 0.29) is 5.82 Å². The van der Waals surface area contributed by atoms with E-state index >= 15 is 0 Å². The third-order valence-corrected chi connectivity index (χ3v) is 4.49. The van der Waals surface area contributed by atoms with Gasteiger partial charge >= 0.3 is 0 Å². The van der Waals surface area contributed by atoms with E-state index in [1.165, 1.54) is 12.1 Å². The van der Waals surface area contributed by atoms with Gasteiger partial charge in [-0.2, -0.15) is 0 Å². The van der Waals surface area contributed by atoms with Crippen LogP contribution in [0.25, 0.3) is 28.0 Å². The molecule has 0 fully saturated rings. The number of para-hydroxylation sites is 1. The third kappa shape index (κ3) is 3.55. The molecule has 140 valence electrons. The van der Waals surface area contributed by atoms with Crippen LogP contribution in [0.1, 0.15) is 0 Å². The average molecular weight is 382 g/mol. The first kappa shape index (κ1) is 17.1. The van der Waals surface area contributed by atoms with Gasteiger partial charge in [-0.05, 0) is 60.7 Å². The molecule has 0 N–H and O–H groups in total. The molecule has 6 heteroatoms. The largest absolute Gasteiger partial charge is 0.457 e. The molecule has 3 aromatic carbocycles. The number of hydrogen-bond acceptors (Lipinski definition) is 4. The quantitative estimate of drug-likeness (QED) is 0.417. The van der Waals surface area contributed by atoms with E-state index in [0.29, 0.717) is 11.4 Å². The normalized spacial score (nSPS) is 10.9. The molecule has 0 saturated carbocycles. The van der Waals surface area contributed by atoms with E-state index in [4.69, 9.17) is 4.74 Å². The summed E-state index contributed by atoms with van der Waals surface area (Å²) < 4.78 is 20.6. The molecule has 0 aliphatic heterocycles. The number of fused-ring (bicyclic) bond motifs is 1. The molecule has 0 saturated heterocycles. The molecule has 0 bridgehead atoms. The van der Waals surface area contributed by atoms with Crippen LogP contribution in [0, 0.1) is 5.82 Å². The van der Waals surface area contributed by atoms with Gasteiger partial charge in [0.05, 0.1) is 23.1 Å². The molecule has 2 aromatic heterocycles. The SMILES string of the molecule is Fc1ccc(-n2cc(-c3ccc4cc(Oc5ccccc5)ccc4n3)nn2)cc1. The summed E-state index contributed by atoms with van der Waals surface area (Å²) in [7, 11) is 0. The van der Waals surface area contributed by atoms with Crippen LogP contribution < -0.4 is 4.74 Å². The lowest BCUT2D eigenvalue weighted by Gasteiger charge is -2.07. The smallest absolute Gasteiger partial charge is 0.131 e. The van der Waals surface area contributed by atoms with Gasteiger partial charge in [-0.25, -0.2) is 14.1 Å². The van der Waals surface area contributed by atoms with Gasteiger partial charge in [0, 0.05) is 5.39 Å². The number of aromatic nitrogens is 4.